The predicted octanol–water partition coefficient (Wildman–Crippen LogP) is 4.31. The van der Waals surface area contributed by atoms with E-state index in [0.29, 0.717) is 38.8 Å². The molecule has 0 spiro atoms. The molecule has 1 saturated heterocycles. The van der Waals surface area contributed by atoms with Crippen LogP contribution in [0.5, 0.6) is 0 Å². The summed E-state index contributed by atoms with van der Waals surface area (Å²) in [5.74, 6) is -0.360. The number of fused-ring (bicyclic) bond motifs is 1. The summed E-state index contributed by atoms with van der Waals surface area (Å²) in [4.78, 5) is 24.2. The van der Waals surface area contributed by atoms with E-state index >= 15 is 0 Å². The topological polar surface area (TPSA) is 117 Å². The summed E-state index contributed by atoms with van der Waals surface area (Å²) in [6.45, 7) is 9.33. The van der Waals surface area contributed by atoms with Crippen LogP contribution in [0, 0.1) is 10.8 Å². The zero-order chi connectivity index (χ0) is 31.1. The lowest BCUT2D eigenvalue weighted by Gasteiger charge is -2.27. The maximum Gasteiger partial charge on any atom is 0.220 e. The number of hydrogen-bond acceptors (Lipinski definition) is 6. The highest BCUT2D eigenvalue weighted by molar-refractivity contribution is 5.77. The first-order valence-electron chi connectivity index (χ1n) is 15.7. The maximum absolute atomic E-state index is 12.2. The number of carbonyl (C=O) groups excluding carboxylic acids is 2. The molecule has 0 bridgehead atoms. The van der Waals surface area contributed by atoms with Crippen molar-refractivity contribution in [1.82, 2.24) is 10.6 Å². The Morgan fingerprint density at radius 2 is 1.05 bits per heavy atom. The average Bonchev–Trinajstić information content (AvgIpc) is 3.47. The van der Waals surface area contributed by atoms with Gasteiger partial charge in [0, 0.05) is 25.9 Å². The quantitative estimate of drug-likeness (QED) is 0.326. The summed E-state index contributed by atoms with van der Waals surface area (Å²) in [6, 6.07) is 20.2. The second-order valence-electron chi connectivity index (χ2n) is 13.8. The van der Waals surface area contributed by atoms with Crippen molar-refractivity contribution in [2.75, 3.05) is 13.1 Å². The highest BCUT2D eigenvalue weighted by atomic mass is 16.8. The van der Waals surface area contributed by atoms with Crippen LogP contribution in [0.3, 0.4) is 0 Å². The van der Waals surface area contributed by atoms with E-state index in [-0.39, 0.29) is 34.9 Å². The highest BCUT2D eigenvalue weighted by Crippen LogP contribution is 2.49. The molecular weight excluding hydrogens is 544 g/mol. The van der Waals surface area contributed by atoms with Gasteiger partial charge in [0.1, 0.15) is 0 Å². The van der Waals surface area contributed by atoms with Crippen molar-refractivity contribution in [3.05, 3.63) is 71.8 Å². The van der Waals surface area contributed by atoms with Crippen molar-refractivity contribution in [1.29, 1.82) is 0 Å². The van der Waals surface area contributed by atoms with Gasteiger partial charge in [-0.05, 0) is 74.3 Å². The fraction of sp³-hybridized carbons (Fsp3) is 0.600. The normalized spacial score (nSPS) is 30.7. The Bertz CT molecular complexity index is 1160. The molecule has 4 N–H and O–H groups in total. The van der Waals surface area contributed by atoms with Crippen LogP contribution in [-0.4, -0.2) is 65.3 Å². The van der Waals surface area contributed by atoms with Gasteiger partial charge in [-0.25, -0.2) is 0 Å². The van der Waals surface area contributed by atoms with Crippen LogP contribution in [0.4, 0.5) is 0 Å². The molecule has 2 saturated carbocycles. The third-order valence-corrected chi connectivity index (χ3v) is 8.85. The SMILES string of the molecule is CC1(CC(=O)NCCc2ccccc2)CC(O)C(O)C1.CC1(CC(=O)NCCc2ccccc2)CC2OC(C)(C)OC2C1. The van der Waals surface area contributed by atoms with Gasteiger partial charge in [-0.3, -0.25) is 9.59 Å². The van der Waals surface area contributed by atoms with Crippen molar-refractivity contribution in [2.45, 2.75) is 109 Å². The highest BCUT2D eigenvalue weighted by Gasteiger charge is 2.52. The van der Waals surface area contributed by atoms with E-state index < -0.39 is 18.0 Å². The summed E-state index contributed by atoms with van der Waals surface area (Å²) < 4.78 is 11.9. The Labute approximate surface area is 256 Å². The molecule has 0 aromatic heterocycles. The van der Waals surface area contributed by atoms with Crippen LogP contribution < -0.4 is 10.6 Å². The minimum Gasteiger partial charge on any atom is -0.390 e. The van der Waals surface area contributed by atoms with Crippen molar-refractivity contribution < 1.29 is 29.3 Å². The van der Waals surface area contributed by atoms with E-state index in [4.69, 9.17) is 9.47 Å². The fourth-order valence-electron chi connectivity index (χ4n) is 6.85. The number of aliphatic hydroxyl groups excluding tert-OH is 2. The molecule has 8 heteroatoms. The van der Waals surface area contributed by atoms with Crippen LogP contribution in [0.25, 0.3) is 0 Å². The van der Waals surface area contributed by atoms with E-state index in [1.54, 1.807) is 0 Å². The van der Waals surface area contributed by atoms with Gasteiger partial charge >= 0.3 is 0 Å². The number of amides is 2. The van der Waals surface area contributed by atoms with Crippen molar-refractivity contribution >= 4 is 11.8 Å². The molecule has 3 aliphatic rings. The van der Waals surface area contributed by atoms with Gasteiger partial charge in [0.25, 0.3) is 0 Å². The molecule has 3 fully saturated rings. The van der Waals surface area contributed by atoms with Gasteiger partial charge in [0.05, 0.1) is 24.4 Å². The third kappa shape index (κ3) is 10.1. The number of ether oxygens (including phenoxy) is 2. The van der Waals surface area contributed by atoms with E-state index in [9.17, 15) is 19.8 Å². The van der Waals surface area contributed by atoms with Gasteiger partial charge < -0.3 is 30.3 Å². The van der Waals surface area contributed by atoms with E-state index in [2.05, 4.69) is 29.7 Å². The summed E-state index contributed by atoms with van der Waals surface area (Å²) in [5, 5.41) is 25.1. The maximum atomic E-state index is 12.2. The van der Waals surface area contributed by atoms with Gasteiger partial charge in [-0.1, -0.05) is 74.5 Å². The van der Waals surface area contributed by atoms with E-state index in [1.165, 1.54) is 11.1 Å². The molecule has 1 aliphatic heterocycles. The predicted molar refractivity (Wildman–Crippen MR) is 166 cm³/mol. The molecule has 236 valence electrons. The first kappa shape index (κ1) is 33.1. The standard InChI is InChI=1S/C19H27NO3.C16H23NO3/c1-18(2)22-15-11-19(3,12-16(15)23-18)13-17(21)20-10-9-14-7-5-4-6-8-14;1-16(9-13(18)14(19)10-16)11-15(20)17-8-7-12-5-3-2-4-6-12/h4-8,15-16H,9-13H2,1-3H3,(H,20,21);2-6,13-14,18-19H,7-11H2,1H3,(H,17,20). The lowest BCUT2D eigenvalue weighted by Crippen LogP contribution is -2.32. The van der Waals surface area contributed by atoms with Gasteiger partial charge in [-0.2, -0.15) is 0 Å². The first-order valence-corrected chi connectivity index (χ1v) is 15.7. The molecule has 5 rings (SSSR count). The second-order valence-corrected chi connectivity index (χ2v) is 13.8. The summed E-state index contributed by atoms with van der Waals surface area (Å²) in [5.41, 5.74) is 2.13. The van der Waals surface area contributed by atoms with Crippen LogP contribution in [0.1, 0.15) is 77.3 Å². The van der Waals surface area contributed by atoms with Crippen LogP contribution in [0.15, 0.2) is 60.7 Å². The van der Waals surface area contributed by atoms with Crippen LogP contribution in [-0.2, 0) is 31.9 Å². The number of aliphatic hydroxyl groups is 2. The Hall–Kier alpha value is -2.78. The van der Waals surface area contributed by atoms with Crippen molar-refractivity contribution in [3.8, 4) is 0 Å². The van der Waals surface area contributed by atoms with E-state index in [1.807, 2.05) is 69.3 Å². The molecule has 2 aliphatic carbocycles. The molecule has 8 nitrogen and oxygen atoms in total. The summed E-state index contributed by atoms with van der Waals surface area (Å²) >= 11 is 0. The third-order valence-electron chi connectivity index (χ3n) is 8.85. The first-order chi connectivity index (χ1) is 20.3. The number of benzene rings is 2. The van der Waals surface area contributed by atoms with Crippen molar-refractivity contribution in [2.24, 2.45) is 10.8 Å². The number of hydrogen-bond donors (Lipinski definition) is 4. The minimum atomic E-state index is -0.697. The van der Waals surface area contributed by atoms with Crippen LogP contribution in [0.2, 0.25) is 0 Å². The van der Waals surface area contributed by atoms with Gasteiger partial charge in [-0.15, -0.1) is 0 Å². The molecule has 0 radical (unpaired) electrons. The number of rotatable bonds is 10. The zero-order valence-corrected chi connectivity index (χ0v) is 26.2. The zero-order valence-electron chi connectivity index (χ0n) is 26.2. The molecule has 1 heterocycles. The minimum absolute atomic E-state index is 0.00951. The second kappa shape index (κ2) is 14.3. The number of nitrogens with one attached hydrogen (secondary N) is 2. The summed E-state index contributed by atoms with van der Waals surface area (Å²) in [6.07, 6.45) is 4.22. The molecule has 2 amide bonds. The molecule has 4 unspecified atom stereocenters. The Balaban J connectivity index is 0.000000199. The van der Waals surface area contributed by atoms with Gasteiger partial charge in [0.2, 0.25) is 11.8 Å². The Kier molecular flexibility index (Phi) is 11.0. The fourth-order valence-corrected chi connectivity index (χ4v) is 6.85. The lowest BCUT2D eigenvalue weighted by molar-refractivity contribution is -0.158. The van der Waals surface area contributed by atoms with Crippen LogP contribution >= 0.6 is 0 Å². The molecule has 4 atom stereocenters. The molecule has 2 aromatic rings. The molecular formula is C35H50N2O6. The van der Waals surface area contributed by atoms with Crippen molar-refractivity contribution in [3.63, 3.8) is 0 Å². The average molecular weight is 595 g/mol. The lowest BCUT2D eigenvalue weighted by atomic mass is 9.84. The molecule has 43 heavy (non-hydrogen) atoms. The van der Waals surface area contributed by atoms with Gasteiger partial charge in [0.15, 0.2) is 5.79 Å². The Morgan fingerprint density at radius 1 is 0.674 bits per heavy atom. The number of carbonyl (C=O) groups is 2. The Morgan fingerprint density at radius 3 is 1.44 bits per heavy atom. The van der Waals surface area contributed by atoms with E-state index in [0.717, 1.165) is 25.7 Å². The summed E-state index contributed by atoms with van der Waals surface area (Å²) in [7, 11) is 0. The molecule has 2 aromatic carbocycles. The largest absolute Gasteiger partial charge is 0.390 e. The smallest absolute Gasteiger partial charge is 0.220 e. The monoisotopic (exact) mass is 594 g/mol.